The predicted octanol–water partition coefficient (Wildman–Crippen LogP) is 1.61. The Labute approximate surface area is 100 Å². The lowest BCUT2D eigenvalue weighted by atomic mass is 10.1. The number of hydrogen-bond acceptors (Lipinski definition) is 3. The fourth-order valence-corrected chi connectivity index (χ4v) is 2.16. The van der Waals surface area contributed by atoms with E-state index in [-0.39, 0.29) is 6.10 Å². The van der Waals surface area contributed by atoms with Crippen molar-refractivity contribution in [2.45, 2.75) is 25.8 Å². The number of fused-ring (bicyclic) bond motifs is 1. The average Bonchev–Trinajstić information content (AvgIpc) is 2.81. The number of imidazole rings is 1. The van der Waals surface area contributed by atoms with E-state index in [1.165, 1.54) is 5.56 Å². The zero-order valence-electron chi connectivity index (χ0n) is 9.54. The largest absolute Gasteiger partial charge is 0.364 e. The van der Waals surface area contributed by atoms with E-state index in [4.69, 9.17) is 10.5 Å². The van der Waals surface area contributed by atoms with E-state index in [0.29, 0.717) is 13.2 Å². The molecule has 1 aliphatic heterocycles. The van der Waals surface area contributed by atoms with Crippen molar-refractivity contribution < 1.29 is 4.74 Å². The van der Waals surface area contributed by atoms with Crippen LogP contribution in [0.4, 0.5) is 0 Å². The molecule has 88 valence electrons. The topological polar surface area (TPSA) is 53.1 Å². The summed E-state index contributed by atoms with van der Waals surface area (Å²) in [7, 11) is 0. The minimum Gasteiger partial charge on any atom is -0.364 e. The van der Waals surface area contributed by atoms with Gasteiger partial charge >= 0.3 is 0 Å². The minimum atomic E-state index is 0.114. The Hall–Kier alpha value is -1.65. The maximum absolute atomic E-state index is 5.82. The number of aromatic nitrogens is 2. The van der Waals surface area contributed by atoms with E-state index in [2.05, 4.69) is 21.7 Å². The first-order valence-electron chi connectivity index (χ1n) is 5.78. The first-order valence-corrected chi connectivity index (χ1v) is 5.78. The van der Waals surface area contributed by atoms with Gasteiger partial charge in [0.2, 0.25) is 0 Å². The second kappa shape index (κ2) is 4.31. The Bertz CT molecular complexity index is 507. The highest BCUT2D eigenvalue weighted by Crippen LogP contribution is 2.25. The molecule has 0 saturated carbocycles. The van der Waals surface area contributed by atoms with Gasteiger partial charge in [-0.05, 0) is 5.56 Å². The zero-order valence-corrected chi connectivity index (χ0v) is 9.54. The molecule has 3 rings (SSSR count). The lowest BCUT2D eigenvalue weighted by Crippen LogP contribution is -2.20. The van der Waals surface area contributed by atoms with E-state index in [0.717, 1.165) is 18.1 Å². The van der Waals surface area contributed by atoms with Gasteiger partial charge in [0.15, 0.2) is 0 Å². The van der Waals surface area contributed by atoms with Gasteiger partial charge in [-0.25, -0.2) is 4.98 Å². The highest BCUT2D eigenvalue weighted by molar-refractivity contribution is 5.19. The molecule has 2 aromatic rings. The third-order valence-corrected chi connectivity index (χ3v) is 3.07. The molecule has 17 heavy (non-hydrogen) atoms. The molecule has 1 atom stereocenters. The quantitative estimate of drug-likeness (QED) is 0.851. The number of ether oxygens (including phenoxy) is 1. The summed E-state index contributed by atoms with van der Waals surface area (Å²) in [5.41, 5.74) is 7.73. The smallest absolute Gasteiger partial charge is 0.135 e. The first-order chi connectivity index (χ1) is 8.36. The molecule has 4 heteroatoms. The van der Waals surface area contributed by atoms with Gasteiger partial charge in [-0.15, -0.1) is 0 Å². The molecule has 1 aliphatic rings. The van der Waals surface area contributed by atoms with Crippen LogP contribution in [0, 0.1) is 0 Å². The number of nitrogens with two attached hydrogens (primary N) is 1. The SMILES string of the molecule is NCc1cn2c(n1)COC(c1ccccc1)C2. The number of benzene rings is 1. The molecule has 2 heterocycles. The fourth-order valence-electron chi connectivity index (χ4n) is 2.16. The van der Waals surface area contributed by atoms with Crippen LogP contribution in [-0.4, -0.2) is 9.55 Å². The third kappa shape index (κ3) is 1.97. The van der Waals surface area contributed by atoms with Gasteiger partial charge < -0.3 is 15.0 Å². The predicted molar refractivity (Wildman–Crippen MR) is 64.1 cm³/mol. The van der Waals surface area contributed by atoms with Crippen molar-refractivity contribution in [1.29, 1.82) is 0 Å². The van der Waals surface area contributed by atoms with Gasteiger partial charge in [0, 0.05) is 12.7 Å². The van der Waals surface area contributed by atoms with Gasteiger partial charge in [-0.2, -0.15) is 0 Å². The molecule has 0 saturated heterocycles. The van der Waals surface area contributed by atoms with Crippen LogP contribution in [0.3, 0.4) is 0 Å². The Balaban J connectivity index is 1.85. The Morgan fingerprint density at radius 3 is 2.94 bits per heavy atom. The normalized spacial score (nSPS) is 19.0. The molecule has 0 spiro atoms. The fraction of sp³-hybridized carbons (Fsp3) is 0.308. The summed E-state index contributed by atoms with van der Waals surface area (Å²) in [5, 5.41) is 0. The number of rotatable bonds is 2. The van der Waals surface area contributed by atoms with Crippen molar-refractivity contribution in [2.75, 3.05) is 0 Å². The van der Waals surface area contributed by atoms with Crippen molar-refractivity contribution in [3.8, 4) is 0 Å². The molecule has 4 nitrogen and oxygen atoms in total. The van der Waals surface area contributed by atoms with Crippen molar-refractivity contribution >= 4 is 0 Å². The summed E-state index contributed by atoms with van der Waals surface area (Å²) < 4.78 is 7.97. The summed E-state index contributed by atoms with van der Waals surface area (Å²) in [6.45, 7) is 1.85. The van der Waals surface area contributed by atoms with E-state index in [9.17, 15) is 0 Å². The van der Waals surface area contributed by atoms with Crippen LogP contribution in [0.25, 0.3) is 0 Å². The highest BCUT2D eigenvalue weighted by Gasteiger charge is 2.21. The van der Waals surface area contributed by atoms with Gasteiger partial charge in [0.1, 0.15) is 18.5 Å². The van der Waals surface area contributed by atoms with Crippen molar-refractivity contribution in [2.24, 2.45) is 5.73 Å². The minimum absolute atomic E-state index is 0.114. The van der Waals surface area contributed by atoms with Gasteiger partial charge in [-0.3, -0.25) is 0 Å². The molecular formula is C13H15N3O. The lowest BCUT2D eigenvalue weighted by Gasteiger charge is -2.24. The lowest BCUT2D eigenvalue weighted by molar-refractivity contribution is 0.000486. The van der Waals surface area contributed by atoms with Crippen LogP contribution in [0.5, 0.6) is 0 Å². The van der Waals surface area contributed by atoms with Gasteiger partial charge in [0.25, 0.3) is 0 Å². The molecule has 1 unspecified atom stereocenters. The molecule has 2 N–H and O–H groups in total. The van der Waals surface area contributed by atoms with Crippen LogP contribution in [-0.2, 0) is 24.4 Å². The molecule has 1 aromatic heterocycles. The summed E-state index contributed by atoms with van der Waals surface area (Å²) in [5.74, 6) is 0.970. The molecular weight excluding hydrogens is 214 g/mol. The maximum Gasteiger partial charge on any atom is 0.135 e. The second-order valence-electron chi connectivity index (χ2n) is 4.22. The van der Waals surface area contributed by atoms with Gasteiger partial charge in [0.05, 0.1) is 12.2 Å². The Morgan fingerprint density at radius 2 is 2.18 bits per heavy atom. The summed E-state index contributed by atoms with van der Waals surface area (Å²) in [6, 6.07) is 10.3. The standard InChI is InChI=1S/C13H15N3O/c14-6-11-7-16-8-12(17-9-13(16)15-11)10-4-2-1-3-5-10/h1-5,7,12H,6,8-9,14H2. The van der Waals surface area contributed by atoms with Gasteiger partial charge in [-0.1, -0.05) is 30.3 Å². The summed E-state index contributed by atoms with van der Waals surface area (Å²) >= 11 is 0. The van der Waals surface area contributed by atoms with E-state index in [1.807, 2.05) is 24.4 Å². The molecule has 0 radical (unpaired) electrons. The monoisotopic (exact) mass is 229 g/mol. The number of hydrogen-bond donors (Lipinski definition) is 1. The third-order valence-electron chi connectivity index (χ3n) is 3.07. The second-order valence-corrected chi connectivity index (χ2v) is 4.22. The molecule has 0 bridgehead atoms. The molecule has 1 aromatic carbocycles. The maximum atomic E-state index is 5.82. The van der Waals surface area contributed by atoms with E-state index >= 15 is 0 Å². The van der Waals surface area contributed by atoms with Crippen LogP contribution in [0.1, 0.15) is 23.2 Å². The van der Waals surface area contributed by atoms with Crippen LogP contribution < -0.4 is 5.73 Å². The van der Waals surface area contributed by atoms with Crippen LogP contribution in [0.2, 0.25) is 0 Å². The molecule has 0 fully saturated rings. The van der Waals surface area contributed by atoms with Crippen molar-refractivity contribution in [3.05, 3.63) is 53.6 Å². The number of nitrogens with zero attached hydrogens (tertiary/aromatic N) is 2. The Kier molecular flexibility index (Phi) is 2.66. The van der Waals surface area contributed by atoms with Crippen LogP contribution in [0.15, 0.2) is 36.5 Å². The first kappa shape index (κ1) is 10.5. The Morgan fingerprint density at radius 1 is 1.35 bits per heavy atom. The van der Waals surface area contributed by atoms with E-state index < -0.39 is 0 Å². The summed E-state index contributed by atoms with van der Waals surface area (Å²) in [6.07, 6.45) is 2.14. The van der Waals surface area contributed by atoms with Crippen molar-refractivity contribution in [3.63, 3.8) is 0 Å². The summed E-state index contributed by atoms with van der Waals surface area (Å²) in [4.78, 5) is 4.41. The van der Waals surface area contributed by atoms with Crippen LogP contribution >= 0.6 is 0 Å². The zero-order chi connectivity index (χ0) is 11.7. The average molecular weight is 229 g/mol. The van der Waals surface area contributed by atoms with Crippen molar-refractivity contribution in [1.82, 2.24) is 9.55 Å². The van der Waals surface area contributed by atoms with E-state index in [1.54, 1.807) is 0 Å². The highest BCUT2D eigenvalue weighted by atomic mass is 16.5. The molecule has 0 amide bonds. The molecule has 0 aliphatic carbocycles.